The van der Waals surface area contributed by atoms with Crippen molar-refractivity contribution in [2.24, 2.45) is 29.6 Å². The summed E-state index contributed by atoms with van der Waals surface area (Å²) in [5, 5.41) is 35.5. The summed E-state index contributed by atoms with van der Waals surface area (Å²) >= 11 is 0.569. The molecule has 82 heavy (non-hydrogen) atoms. The van der Waals surface area contributed by atoms with E-state index in [1.165, 1.54) is 75.8 Å². The summed E-state index contributed by atoms with van der Waals surface area (Å²) < 4.78 is 18.8. The molecule has 0 saturated carbocycles. The Balaban J connectivity index is -0.000000280. The van der Waals surface area contributed by atoms with Crippen molar-refractivity contribution >= 4 is 66.9 Å². The third-order valence-corrected chi connectivity index (χ3v) is 12.0. The van der Waals surface area contributed by atoms with Crippen molar-refractivity contribution in [3.8, 4) is 11.5 Å². The second-order valence-corrected chi connectivity index (χ2v) is 26.0. The number of phenolic OH excluding ortho intramolecular Hbond substituents is 2. The molecule has 0 heterocycles. The second-order valence-electron chi connectivity index (χ2n) is 21.3. The van der Waals surface area contributed by atoms with Crippen LogP contribution in [0.1, 0.15) is 131 Å². The van der Waals surface area contributed by atoms with Crippen molar-refractivity contribution in [1.82, 2.24) is 0 Å². The fourth-order valence-corrected chi connectivity index (χ4v) is 7.04. The summed E-state index contributed by atoms with van der Waals surface area (Å²) in [5.41, 5.74) is 16.9. The first-order chi connectivity index (χ1) is 37.0. The van der Waals surface area contributed by atoms with E-state index < -0.39 is 15.0 Å². The molecule has 0 aromatic heterocycles. The van der Waals surface area contributed by atoms with E-state index in [1.807, 2.05) is 55.5 Å². The molecule has 8 nitrogen and oxygen atoms in total. The minimum absolute atomic E-state index is 0. The van der Waals surface area contributed by atoms with E-state index >= 15 is 0 Å². The van der Waals surface area contributed by atoms with E-state index in [1.54, 1.807) is 31.2 Å². The predicted molar refractivity (Wildman–Crippen MR) is 348 cm³/mol. The van der Waals surface area contributed by atoms with E-state index in [2.05, 4.69) is 165 Å². The Morgan fingerprint density at radius 2 is 0.720 bits per heavy atom. The third kappa shape index (κ3) is 53.0. The van der Waals surface area contributed by atoms with Gasteiger partial charge in [0, 0.05) is 32.1 Å². The third-order valence-electron chi connectivity index (χ3n) is 12.0. The number of hydrogen-bond donors (Lipinski definition) is 5. The number of phenols is 2. The number of aliphatic carboxylic acids is 1. The molecule has 5 atom stereocenters. The summed E-state index contributed by atoms with van der Waals surface area (Å²) in [6.45, 7) is 28.0. The van der Waals surface area contributed by atoms with Gasteiger partial charge in [0.05, 0.1) is 18.2 Å². The Morgan fingerprint density at radius 1 is 0.500 bits per heavy atom. The number of benzene rings is 6. The number of halogens is 5. The minimum atomic E-state index is -3.19. The maximum atomic E-state index is 10.6. The topological polar surface area (TPSA) is 160 Å². The molecule has 6 aromatic rings. The first kappa shape index (κ1) is 87.0. The average Bonchev–Trinajstić information content (AvgIpc) is 3.38. The molecule has 0 bridgehead atoms. The van der Waals surface area contributed by atoms with Crippen LogP contribution in [0.3, 0.4) is 0 Å². The van der Waals surface area contributed by atoms with Gasteiger partial charge in [-0.1, -0.05) is 212 Å². The van der Waals surface area contributed by atoms with Crippen LogP contribution in [0.25, 0.3) is 0 Å². The van der Waals surface area contributed by atoms with Crippen molar-refractivity contribution in [2.45, 2.75) is 147 Å². The number of hydrogen-bond acceptors (Lipinski definition) is 6. The van der Waals surface area contributed by atoms with Crippen molar-refractivity contribution in [3.63, 3.8) is 0 Å². The van der Waals surface area contributed by atoms with Crippen LogP contribution in [-0.2, 0) is 65.0 Å². The summed E-state index contributed by atoms with van der Waals surface area (Å²) in [6.07, 6.45) is 9.54. The van der Waals surface area contributed by atoms with Gasteiger partial charge >= 0.3 is 39.0 Å². The molecule has 0 saturated heterocycles. The molecule has 0 spiro atoms. The van der Waals surface area contributed by atoms with Gasteiger partial charge in [0.2, 0.25) is 9.05 Å². The summed E-state index contributed by atoms with van der Waals surface area (Å²) in [4.78, 5) is 10.6. The summed E-state index contributed by atoms with van der Waals surface area (Å²) in [6, 6.07) is 49.3. The number of aryl methyl sites for hydroxylation is 4. The second kappa shape index (κ2) is 51.7. The summed E-state index contributed by atoms with van der Waals surface area (Å²) in [5.74, 6) is 2.30. The van der Waals surface area contributed by atoms with Crippen molar-refractivity contribution in [3.05, 3.63) is 201 Å². The molecule has 463 valence electrons. The Morgan fingerprint density at radius 3 is 0.939 bits per heavy atom. The van der Waals surface area contributed by atoms with Crippen LogP contribution in [0, 0.1) is 57.3 Å². The van der Waals surface area contributed by atoms with Crippen molar-refractivity contribution in [1.29, 1.82) is 0 Å². The standard InChI is InChI=1S/2C12H18.C11H14O2.C11H16O.C10H14O.C9H13NO.CH3ClO2S.B.4ClH.Ni/c2*1-4-10(2)9-12-7-5-11(3)6-8-12;1-8-3-5-10(6-4-8)7-9(2)11(12)13;1-9-3-5-11(6-4-9)7-10(2)8-12;1-8(2)7-9-3-5-10(11)6-4-9;1-7(10)6-8-2-4-9(11)5-3-8;1-5(2,3)4;;;;;;/h2*5-8,10H,4,9H2,1-3H3;3-6,9H,7H2,1-2H3,(H,12,13);3-6,10,12H,7-8H2,1-2H3;3-6,8,11H,7H2,1-2H3;2-5,7,11H,6,10H2,1H3;1H3;;4*1H;/q;;;;;;;;;;;;+2/p-2/t2*10-;9-;10-;;7-;;;;;;;/m1100.1......./s1. The number of aromatic hydroxyl groups is 2. The zero-order chi connectivity index (χ0) is 60.5. The van der Waals surface area contributed by atoms with Crippen LogP contribution in [0.2, 0.25) is 0 Å². The van der Waals surface area contributed by atoms with Gasteiger partial charge in [-0.25, -0.2) is 8.42 Å². The normalized spacial score (nSPS) is 11.8. The van der Waals surface area contributed by atoms with E-state index in [0.717, 1.165) is 42.9 Å². The van der Waals surface area contributed by atoms with Crippen LogP contribution in [0.15, 0.2) is 146 Å². The molecule has 0 fully saturated rings. The molecular weight excluding hydrogens is 1200 g/mol. The molecule has 6 aromatic carbocycles. The number of carboxylic acids is 1. The quantitative estimate of drug-likeness (QED) is 0.0476. The van der Waals surface area contributed by atoms with Crippen LogP contribution in [-0.4, -0.2) is 62.1 Å². The molecule has 0 amide bonds. The molecule has 0 aliphatic heterocycles. The Hall–Kier alpha value is -3.73. The van der Waals surface area contributed by atoms with E-state index in [-0.39, 0.29) is 45.8 Å². The molecule has 0 aliphatic rings. The maximum absolute atomic E-state index is 10.6. The van der Waals surface area contributed by atoms with E-state index in [9.17, 15) is 13.2 Å². The number of aliphatic hydroxyl groups excluding tert-OH is 1. The molecule has 6 rings (SSSR count). The van der Waals surface area contributed by atoms with Crippen LogP contribution < -0.4 is 18.1 Å². The van der Waals surface area contributed by atoms with E-state index in [4.69, 9.17) is 40.8 Å². The molecule has 0 unspecified atom stereocenters. The molecule has 16 heteroatoms. The van der Waals surface area contributed by atoms with Gasteiger partial charge in [0.1, 0.15) is 11.5 Å². The number of aliphatic hydroxyl groups is 1. The number of quaternary nitrogens is 1. The fourth-order valence-electron chi connectivity index (χ4n) is 7.04. The van der Waals surface area contributed by atoms with E-state index in [0.29, 0.717) is 48.5 Å². The van der Waals surface area contributed by atoms with Gasteiger partial charge < -0.3 is 38.6 Å². The van der Waals surface area contributed by atoms with Crippen LogP contribution >= 0.6 is 43.5 Å². The van der Waals surface area contributed by atoms with Gasteiger partial charge in [0.25, 0.3) is 0 Å². The van der Waals surface area contributed by atoms with Crippen LogP contribution in [0.5, 0.6) is 11.5 Å². The number of carboxylic acid groups (broad SMARTS) is 1. The Kier molecular flexibility index (Phi) is 54.8. The van der Waals surface area contributed by atoms with Gasteiger partial charge in [-0.3, -0.25) is 4.79 Å². The van der Waals surface area contributed by atoms with Gasteiger partial charge in [-0.2, -0.15) is 0 Å². The first-order valence-corrected chi connectivity index (χ1v) is 32.6. The predicted octanol–water partition coefficient (Wildman–Crippen LogP) is 13.4. The van der Waals surface area contributed by atoms with Gasteiger partial charge in [-0.15, -0.1) is 12.4 Å². The number of rotatable bonds is 16. The average molecular weight is 1300 g/mol. The van der Waals surface area contributed by atoms with Crippen molar-refractivity contribution in [2.75, 3.05) is 12.9 Å². The Labute approximate surface area is 530 Å². The fraction of sp³-hybridized carbons (Fsp3) is 0.439. The molecule has 3 radical (unpaired) electrons. The SMILES string of the molecule is CC(C)Cc1ccc(O)cc1.CC[C@@H](C)Cc1ccc(C)cc1.CC[C@@H](C)Cc1ccc(C)cc1.CS(=O)(=O)Cl.C[C@@H]([NH3+])Cc1ccc(O)cc1.Cc1ccc(C[C@H](C)C(=O)O)cc1.Cc1ccc(C[C@H](C)CO)cc1.Cl.[B].[Cl-].[Cl][Ni][Cl]. The Bertz CT molecular complexity index is 2360. The van der Waals surface area contributed by atoms with Crippen molar-refractivity contribution < 1.29 is 64.4 Å². The van der Waals surface area contributed by atoms with Crippen LogP contribution in [0.4, 0.5) is 0 Å². The number of carbonyl (C=O) groups is 1. The zero-order valence-electron chi connectivity index (χ0n) is 51.1. The summed E-state index contributed by atoms with van der Waals surface area (Å²) in [7, 11) is 10.7. The monoisotopic (exact) mass is 1290 g/mol. The molecule has 7 N–H and O–H groups in total. The first-order valence-electron chi connectivity index (χ1n) is 27.2. The zero-order valence-corrected chi connectivity index (χ0v) is 56.8. The van der Waals surface area contributed by atoms with Gasteiger partial charge in [0.15, 0.2) is 0 Å². The van der Waals surface area contributed by atoms with Gasteiger partial charge in [-0.05, 0) is 148 Å². The molecule has 0 aliphatic carbocycles. The molecular formula is C66H98BCl5NNiO7S.